The first-order chi connectivity index (χ1) is 14.0. The summed E-state index contributed by atoms with van der Waals surface area (Å²) in [4.78, 5) is 25.5. The minimum absolute atomic E-state index is 0.224. The van der Waals surface area contributed by atoms with E-state index in [-0.39, 0.29) is 11.5 Å². The average Bonchev–Trinajstić information content (AvgIpc) is 3.35. The summed E-state index contributed by atoms with van der Waals surface area (Å²) in [5.74, 6) is -0.331. The highest BCUT2D eigenvalue weighted by Crippen LogP contribution is 2.21. The molecule has 0 unspecified atom stereocenters. The Morgan fingerprint density at radius 3 is 2.48 bits per heavy atom. The van der Waals surface area contributed by atoms with Crippen molar-refractivity contribution in [3.05, 3.63) is 87.6 Å². The van der Waals surface area contributed by atoms with Crippen molar-refractivity contribution in [1.82, 2.24) is 29.6 Å². The van der Waals surface area contributed by atoms with Crippen LogP contribution in [0.3, 0.4) is 0 Å². The van der Waals surface area contributed by atoms with Crippen LogP contribution < -0.4 is 5.69 Å². The normalized spacial score (nSPS) is 10.7. The second-order valence-electron chi connectivity index (χ2n) is 6.40. The minimum Gasteiger partial charge on any atom is -0.287 e. The maximum Gasteiger partial charge on any atom is 0.368 e. The first kappa shape index (κ1) is 18.1. The third-order valence-corrected chi connectivity index (χ3v) is 4.51. The maximum atomic E-state index is 13.2. The summed E-state index contributed by atoms with van der Waals surface area (Å²) < 4.78 is 3.74. The first-order valence-electron chi connectivity index (χ1n) is 8.69. The summed E-state index contributed by atoms with van der Waals surface area (Å²) in [7, 11) is 1.49. The van der Waals surface area contributed by atoms with E-state index in [0.717, 1.165) is 15.1 Å². The monoisotopic (exact) mass is 385 g/mol. The van der Waals surface area contributed by atoms with E-state index in [1.807, 2.05) is 0 Å². The molecule has 0 aliphatic rings. The average molecular weight is 385 g/mol. The predicted octanol–water partition coefficient (Wildman–Crippen LogP) is 1.56. The van der Waals surface area contributed by atoms with Gasteiger partial charge in [-0.3, -0.25) is 4.79 Å². The Kier molecular flexibility index (Phi) is 4.37. The van der Waals surface area contributed by atoms with Gasteiger partial charge in [0.05, 0.1) is 28.6 Å². The fourth-order valence-corrected chi connectivity index (χ4v) is 2.99. The van der Waals surface area contributed by atoms with Crippen LogP contribution in [0.1, 0.15) is 27.2 Å². The molecule has 142 valence electrons. The zero-order chi connectivity index (χ0) is 20.5. The molecule has 9 nitrogen and oxygen atoms in total. The van der Waals surface area contributed by atoms with Crippen LogP contribution in [0.5, 0.6) is 0 Å². The number of nitrogens with zero attached hydrogens (tertiary/aromatic N) is 7. The van der Waals surface area contributed by atoms with Gasteiger partial charge in [0.15, 0.2) is 0 Å². The van der Waals surface area contributed by atoms with E-state index in [4.69, 9.17) is 5.26 Å². The highest BCUT2D eigenvalue weighted by atomic mass is 16.2. The number of rotatable bonds is 4. The van der Waals surface area contributed by atoms with Crippen molar-refractivity contribution < 1.29 is 4.79 Å². The van der Waals surface area contributed by atoms with Crippen molar-refractivity contribution >= 4 is 5.78 Å². The van der Waals surface area contributed by atoms with E-state index in [1.54, 1.807) is 66.3 Å². The summed E-state index contributed by atoms with van der Waals surface area (Å²) >= 11 is 0. The molecule has 0 N–H and O–H groups in total. The highest BCUT2D eigenvalue weighted by Gasteiger charge is 2.22. The number of carbonyl (C=O) groups is 1. The predicted molar refractivity (Wildman–Crippen MR) is 103 cm³/mol. The van der Waals surface area contributed by atoms with Gasteiger partial charge < -0.3 is 0 Å². The van der Waals surface area contributed by atoms with Gasteiger partial charge in [0.25, 0.3) is 0 Å². The lowest BCUT2D eigenvalue weighted by Gasteiger charge is -2.09. The van der Waals surface area contributed by atoms with Crippen LogP contribution in [0.25, 0.3) is 11.4 Å². The number of aromatic nitrogens is 6. The van der Waals surface area contributed by atoms with Crippen LogP contribution in [-0.4, -0.2) is 35.4 Å². The number of carbonyl (C=O) groups excluding carboxylic acids is 1. The number of ketones is 1. The fourth-order valence-electron chi connectivity index (χ4n) is 2.99. The van der Waals surface area contributed by atoms with E-state index in [0.29, 0.717) is 22.4 Å². The van der Waals surface area contributed by atoms with Gasteiger partial charge in [-0.1, -0.05) is 12.1 Å². The molecule has 0 saturated carbocycles. The molecule has 0 radical (unpaired) electrons. The van der Waals surface area contributed by atoms with Crippen LogP contribution >= 0.6 is 0 Å². The molecule has 4 rings (SSSR count). The van der Waals surface area contributed by atoms with E-state index < -0.39 is 5.69 Å². The SMILES string of the molecule is Cc1cccc(-n2nnn(C)c2=O)c1C(=O)c1ccn(-c2ccc(C#N)cc2)n1. The molecule has 2 aromatic carbocycles. The third-order valence-electron chi connectivity index (χ3n) is 4.51. The zero-order valence-corrected chi connectivity index (χ0v) is 15.6. The van der Waals surface area contributed by atoms with Crippen LogP contribution in [0.15, 0.2) is 59.5 Å². The molecule has 0 saturated heterocycles. The molecule has 2 aromatic heterocycles. The van der Waals surface area contributed by atoms with Crippen molar-refractivity contribution in [2.24, 2.45) is 7.05 Å². The first-order valence-corrected chi connectivity index (χ1v) is 8.69. The lowest BCUT2D eigenvalue weighted by atomic mass is 10.0. The molecule has 0 atom stereocenters. The zero-order valence-electron chi connectivity index (χ0n) is 15.6. The Hall–Kier alpha value is -4.32. The standard InChI is InChI=1S/C20H15N7O2/c1-13-4-3-5-17(27-20(29)25(2)23-24-27)18(13)19(28)16-10-11-26(22-16)15-8-6-14(12-21)7-9-15/h3-11H,1-2H3. The summed E-state index contributed by atoms with van der Waals surface area (Å²) in [5, 5.41) is 20.8. The lowest BCUT2D eigenvalue weighted by molar-refractivity contribution is 0.103. The molecule has 0 aliphatic heterocycles. The van der Waals surface area contributed by atoms with Crippen molar-refractivity contribution in [3.8, 4) is 17.4 Å². The molecule has 0 spiro atoms. The summed E-state index contributed by atoms with van der Waals surface area (Å²) in [6.45, 7) is 1.79. The Bertz CT molecular complexity index is 1320. The molecular weight excluding hydrogens is 370 g/mol. The Balaban J connectivity index is 1.76. The lowest BCUT2D eigenvalue weighted by Crippen LogP contribution is -2.24. The third kappa shape index (κ3) is 3.12. The summed E-state index contributed by atoms with van der Waals surface area (Å²) in [5.41, 5.74) is 2.41. The molecule has 0 amide bonds. The Morgan fingerprint density at radius 2 is 1.83 bits per heavy atom. The molecule has 0 fully saturated rings. The van der Waals surface area contributed by atoms with E-state index in [1.165, 1.54) is 7.05 Å². The Labute approximate surface area is 165 Å². The quantitative estimate of drug-likeness (QED) is 0.493. The van der Waals surface area contributed by atoms with Gasteiger partial charge in [0.1, 0.15) is 5.69 Å². The second-order valence-corrected chi connectivity index (χ2v) is 6.40. The van der Waals surface area contributed by atoms with Crippen molar-refractivity contribution in [2.75, 3.05) is 0 Å². The molecule has 4 aromatic rings. The van der Waals surface area contributed by atoms with Gasteiger partial charge >= 0.3 is 5.69 Å². The van der Waals surface area contributed by atoms with Gasteiger partial charge in [-0.25, -0.2) is 9.48 Å². The number of hydrogen-bond acceptors (Lipinski definition) is 6. The number of nitriles is 1. The summed E-state index contributed by atoms with van der Waals surface area (Å²) in [6.07, 6.45) is 1.67. The molecule has 9 heteroatoms. The number of hydrogen-bond donors (Lipinski definition) is 0. The molecule has 29 heavy (non-hydrogen) atoms. The highest BCUT2D eigenvalue weighted by molar-refractivity contribution is 6.11. The van der Waals surface area contributed by atoms with E-state index in [9.17, 15) is 9.59 Å². The number of tetrazole rings is 1. The molecule has 0 aliphatic carbocycles. The van der Waals surface area contributed by atoms with Crippen LogP contribution in [0.2, 0.25) is 0 Å². The molecule has 2 heterocycles. The smallest absolute Gasteiger partial charge is 0.287 e. The van der Waals surface area contributed by atoms with E-state index >= 15 is 0 Å². The number of aryl methyl sites for hydroxylation is 2. The van der Waals surface area contributed by atoms with Gasteiger partial charge in [-0.05, 0) is 59.3 Å². The van der Waals surface area contributed by atoms with Crippen molar-refractivity contribution in [1.29, 1.82) is 5.26 Å². The largest absolute Gasteiger partial charge is 0.368 e. The van der Waals surface area contributed by atoms with Gasteiger partial charge in [-0.15, -0.1) is 0 Å². The van der Waals surface area contributed by atoms with Crippen LogP contribution in [-0.2, 0) is 7.05 Å². The van der Waals surface area contributed by atoms with E-state index in [2.05, 4.69) is 21.6 Å². The van der Waals surface area contributed by atoms with Gasteiger partial charge in [0.2, 0.25) is 5.78 Å². The topological polar surface area (TPSA) is 111 Å². The molecular formula is C20H15N7O2. The van der Waals surface area contributed by atoms with Crippen LogP contribution in [0, 0.1) is 18.3 Å². The minimum atomic E-state index is -0.451. The second kappa shape index (κ2) is 7.01. The van der Waals surface area contributed by atoms with Gasteiger partial charge in [-0.2, -0.15) is 19.7 Å². The molecule has 0 bridgehead atoms. The number of benzene rings is 2. The fraction of sp³-hybridized carbons (Fsp3) is 0.100. The van der Waals surface area contributed by atoms with Crippen molar-refractivity contribution in [2.45, 2.75) is 6.92 Å². The van der Waals surface area contributed by atoms with Crippen LogP contribution in [0.4, 0.5) is 0 Å². The maximum absolute atomic E-state index is 13.2. The summed E-state index contributed by atoms with van der Waals surface area (Å²) in [6, 6.07) is 15.7. The van der Waals surface area contributed by atoms with Crippen molar-refractivity contribution in [3.63, 3.8) is 0 Å². The van der Waals surface area contributed by atoms with Gasteiger partial charge in [0, 0.05) is 13.2 Å². The Morgan fingerprint density at radius 1 is 1.07 bits per heavy atom.